The van der Waals surface area contributed by atoms with Gasteiger partial charge >= 0.3 is 0 Å². The van der Waals surface area contributed by atoms with Crippen molar-refractivity contribution in [1.29, 1.82) is 0 Å². The first-order valence-electron chi connectivity index (χ1n) is 7.64. The van der Waals surface area contributed by atoms with Crippen LogP contribution in [-0.4, -0.2) is 23.8 Å². The van der Waals surface area contributed by atoms with Gasteiger partial charge in [0.1, 0.15) is 5.75 Å². The molecule has 0 bridgehead atoms. The minimum atomic E-state index is -0.875. The van der Waals surface area contributed by atoms with Crippen LogP contribution in [0.5, 0.6) is 5.75 Å². The molecule has 1 heterocycles. The summed E-state index contributed by atoms with van der Waals surface area (Å²) in [7, 11) is 0. The van der Waals surface area contributed by atoms with Crippen LogP contribution in [0.15, 0.2) is 18.2 Å². The van der Waals surface area contributed by atoms with Gasteiger partial charge in [0.15, 0.2) is 11.4 Å². The zero-order chi connectivity index (χ0) is 16.3. The van der Waals surface area contributed by atoms with E-state index in [1.807, 2.05) is 20.8 Å². The van der Waals surface area contributed by atoms with Crippen molar-refractivity contribution in [3.05, 3.63) is 23.8 Å². The lowest BCUT2D eigenvalue weighted by Gasteiger charge is -2.41. The Hall–Kier alpha value is -2.28. The molecule has 0 atom stereocenters. The van der Waals surface area contributed by atoms with Gasteiger partial charge in [-0.3, -0.25) is 14.5 Å². The molecule has 0 spiro atoms. The number of ketones is 1. The van der Waals surface area contributed by atoms with E-state index in [0.717, 1.165) is 0 Å². The lowest BCUT2D eigenvalue weighted by atomic mass is 9.92. The summed E-state index contributed by atoms with van der Waals surface area (Å²) in [5.41, 5.74) is 0.278. The maximum atomic E-state index is 12.8. The van der Waals surface area contributed by atoms with E-state index in [1.165, 1.54) is 0 Å². The highest BCUT2D eigenvalue weighted by molar-refractivity contribution is 6.05. The van der Waals surface area contributed by atoms with E-state index < -0.39 is 5.60 Å². The smallest absolute Gasteiger partial charge is 0.272 e. The lowest BCUT2D eigenvalue weighted by Crippen LogP contribution is -2.55. The Morgan fingerprint density at radius 2 is 2.00 bits per heavy atom. The van der Waals surface area contributed by atoms with Crippen LogP contribution in [-0.2, 0) is 4.79 Å². The molecule has 0 N–H and O–H groups in total. The molecule has 0 fully saturated rings. The van der Waals surface area contributed by atoms with Crippen LogP contribution in [0.2, 0.25) is 0 Å². The standard InChI is InChI=1S/C18H21NO3/c1-5-11-19-14-12-13(15(20)6-2)9-10-16(14)22-18(7-3,8-4)17(19)21/h1,9-10,12H,6-8,11H2,2-4H3. The highest BCUT2D eigenvalue weighted by Crippen LogP contribution is 2.41. The monoisotopic (exact) mass is 299 g/mol. The minimum absolute atomic E-state index is 0.0266. The number of fused-ring (bicyclic) bond motifs is 1. The fourth-order valence-electron chi connectivity index (χ4n) is 2.75. The first-order valence-corrected chi connectivity index (χ1v) is 7.64. The molecule has 4 nitrogen and oxygen atoms in total. The third-order valence-corrected chi connectivity index (χ3v) is 4.22. The molecule has 0 saturated heterocycles. The van der Waals surface area contributed by atoms with Crippen LogP contribution < -0.4 is 9.64 Å². The van der Waals surface area contributed by atoms with Gasteiger partial charge in [0.25, 0.3) is 5.91 Å². The van der Waals surface area contributed by atoms with Gasteiger partial charge in [0, 0.05) is 12.0 Å². The number of anilines is 1. The van der Waals surface area contributed by atoms with Gasteiger partial charge in [0.05, 0.1) is 12.2 Å². The molecule has 0 saturated carbocycles. The second-order valence-corrected chi connectivity index (χ2v) is 5.36. The largest absolute Gasteiger partial charge is 0.475 e. The van der Waals surface area contributed by atoms with Gasteiger partial charge in [-0.05, 0) is 31.0 Å². The van der Waals surface area contributed by atoms with Crippen molar-refractivity contribution in [1.82, 2.24) is 0 Å². The molecule has 0 aromatic heterocycles. The number of hydrogen-bond donors (Lipinski definition) is 0. The van der Waals surface area contributed by atoms with E-state index in [0.29, 0.717) is 36.3 Å². The second kappa shape index (κ2) is 6.23. The van der Waals surface area contributed by atoms with Gasteiger partial charge in [-0.2, -0.15) is 0 Å². The van der Waals surface area contributed by atoms with E-state index in [-0.39, 0.29) is 18.2 Å². The van der Waals surface area contributed by atoms with Gasteiger partial charge in [0.2, 0.25) is 0 Å². The summed E-state index contributed by atoms with van der Waals surface area (Å²) in [4.78, 5) is 26.3. The number of carbonyl (C=O) groups is 2. The summed E-state index contributed by atoms with van der Waals surface area (Å²) >= 11 is 0. The highest BCUT2D eigenvalue weighted by atomic mass is 16.5. The Bertz CT molecular complexity index is 638. The molecule has 1 aromatic rings. The van der Waals surface area contributed by atoms with E-state index in [2.05, 4.69) is 5.92 Å². The molecule has 116 valence electrons. The van der Waals surface area contributed by atoms with Crippen molar-refractivity contribution in [2.24, 2.45) is 0 Å². The fraction of sp³-hybridized carbons (Fsp3) is 0.444. The Labute approximate surface area is 131 Å². The predicted octanol–water partition coefficient (Wildman–Crippen LogP) is 3.20. The summed E-state index contributed by atoms with van der Waals surface area (Å²) in [5.74, 6) is 3.02. The van der Waals surface area contributed by atoms with Crippen molar-refractivity contribution in [2.75, 3.05) is 11.4 Å². The number of benzene rings is 1. The van der Waals surface area contributed by atoms with Crippen molar-refractivity contribution in [3.63, 3.8) is 0 Å². The summed E-state index contributed by atoms with van der Waals surface area (Å²) in [6.07, 6.45) is 6.97. The second-order valence-electron chi connectivity index (χ2n) is 5.36. The maximum Gasteiger partial charge on any atom is 0.272 e. The SMILES string of the molecule is C#CCN1C(=O)C(CC)(CC)Oc2ccc(C(=O)CC)cc21. The van der Waals surface area contributed by atoms with Crippen LogP contribution >= 0.6 is 0 Å². The summed E-state index contributed by atoms with van der Waals surface area (Å²) in [5, 5.41) is 0. The quantitative estimate of drug-likeness (QED) is 0.619. The number of amides is 1. The number of nitrogens with zero attached hydrogens (tertiary/aromatic N) is 1. The molecular formula is C18H21NO3. The van der Waals surface area contributed by atoms with Crippen LogP contribution in [0, 0.1) is 12.3 Å². The minimum Gasteiger partial charge on any atom is -0.475 e. The molecule has 1 aromatic carbocycles. The lowest BCUT2D eigenvalue weighted by molar-refractivity contribution is -0.136. The van der Waals surface area contributed by atoms with Crippen molar-refractivity contribution in [3.8, 4) is 18.1 Å². The third-order valence-electron chi connectivity index (χ3n) is 4.22. The van der Waals surface area contributed by atoms with Crippen LogP contribution in [0.4, 0.5) is 5.69 Å². The number of rotatable bonds is 5. The molecule has 1 aliphatic rings. The van der Waals surface area contributed by atoms with Gasteiger partial charge < -0.3 is 4.74 Å². The Morgan fingerprint density at radius 3 is 2.55 bits per heavy atom. The van der Waals surface area contributed by atoms with Crippen LogP contribution in [0.25, 0.3) is 0 Å². The number of ether oxygens (including phenoxy) is 1. The first kappa shape index (κ1) is 16.1. The highest BCUT2D eigenvalue weighted by Gasteiger charge is 2.45. The summed E-state index contributed by atoms with van der Waals surface area (Å²) in [6, 6.07) is 5.20. The molecule has 4 heteroatoms. The number of carbonyl (C=O) groups excluding carboxylic acids is 2. The van der Waals surface area contributed by atoms with Crippen molar-refractivity contribution in [2.45, 2.75) is 45.6 Å². The van der Waals surface area contributed by atoms with Gasteiger partial charge in [-0.1, -0.05) is 26.7 Å². The van der Waals surface area contributed by atoms with Gasteiger partial charge in [-0.15, -0.1) is 6.42 Å². The van der Waals surface area contributed by atoms with E-state index in [9.17, 15) is 9.59 Å². The molecule has 0 unspecified atom stereocenters. The Morgan fingerprint density at radius 1 is 1.32 bits per heavy atom. The molecule has 22 heavy (non-hydrogen) atoms. The van der Waals surface area contributed by atoms with E-state index in [1.54, 1.807) is 23.1 Å². The zero-order valence-electron chi connectivity index (χ0n) is 13.3. The number of terminal acetylenes is 1. The predicted molar refractivity (Wildman–Crippen MR) is 86.2 cm³/mol. The zero-order valence-corrected chi connectivity index (χ0v) is 13.3. The number of hydrogen-bond acceptors (Lipinski definition) is 3. The first-order chi connectivity index (χ1) is 10.5. The van der Waals surface area contributed by atoms with Crippen LogP contribution in [0.3, 0.4) is 0 Å². The number of Topliss-reactive ketones (excluding diaryl/α,β-unsaturated/α-hetero) is 1. The molecule has 1 amide bonds. The topological polar surface area (TPSA) is 46.6 Å². The Kier molecular flexibility index (Phi) is 4.56. The molecule has 1 aliphatic heterocycles. The van der Waals surface area contributed by atoms with Crippen LogP contribution in [0.1, 0.15) is 50.4 Å². The fourth-order valence-corrected chi connectivity index (χ4v) is 2.75. The molecular weight excluding hydrogens is 278 g/mol. The maximum absolute atomic E-state index is 12.8. The van der Waals surface area contributed by atoms with Crippen molar-refractivity contribution < 1.29 is 14.3 Å². The Balaban J connectivity index is 2.56. The normalized spacial score (nSPS) is 15.7. The average Bonchev–Trinajstić information content (AvgIpc) is 2.56. The van der Waals surface area contributed by atoms with E-state index >= 15 is 0 Å². The summed E-state index contributed by atoms with van der Waals surface area (Å²) < 4.78 is 6.00. The van der Waals surface area contributed by atoms with E-state index in [4.69, 9.17) is 11.2 Å². The average molecular weight is 299 g/mol. The third kappa shape index (κ3) is 2.48. The molecule has 2 rings (SSSR count). The molecule has 0 radical (unpaired) electrons. The van der Waals surface area contributed by atoms with Gasteiger partial charge in [-0.25, -0.2) is 0 Å². The summed E-state index contributed by atoms with van der Waals surface area (Å²) in [6.45, 7) is 5.83. The molecule has 0 aliphatic carbocycles. The van der Waals surface area contributed by atoms with Crippen molar-refractivity contribution >= 4 is 17.4 Å².